The average Bonchev–Trinajstić information content (AvgIpc) is 2.79. The van der Waals surface area contributed by atoms with E-state index in [1.165, 1.54) is 0 Å². The number of pyridine rings is 1. The molecule has 0 N–H and O–H groups in total. The first-order valence-corrected chi connectivity index (χ1v) is 10.3. The lowest BCUT2D eigenvalue weighted by molar-refractivity contribution is 0.0522. The molecular formula is C23H29N3O5. The molecule has 1 aliphatic rings. The molecule has 0 unspecified atom stereocenters. The van der Waals surface area contributed by atoms with Crippen LogP contribution in [0.5, 0.6) is 11.5 Å². The van der Waals surface area contributed by atoms with Crippen molar-refractivity contribution in [2.75, 3.05) is 47.0 Å². The van der Waals surface area contributed by atoms with Crippen molar-refractivity contribution < 1.29 is 23.8 Å². The minimum atomic E-state index is -0.421. The van der Waals surface area contributed by atoms with E-state index < -0.39 is 5.97 Å². The van der Waals surface area contributed by atoms with Crippen molar-refractivity contribution in [3.63, 3.8) is 0 Å². The second kappa shape index (κ2) is 10.3. The van der Waals surface area contributed by atoms with Gasteiger partial charge in [0.05, 0.1) is 32.1 Å². The predicted octanol–water partition coefficient (Wildman–Crippen LogP) is 2.54. The number of piperazine rings is 1. The van der Waals surface area contributed by atoms with E-state index in [0.717, 1.165) is 25.2 Å². The third-order valence-electron chi connectivity index (χ3n) is 5.31. The minimum absolute atomic E-state index is 0.121. The molecule has 0 spiro atoms. The van der Waals surface area contributed by atoms with E-state index in [9.17, 15) is 9.59 Å². The van der Waals surface area contributed by atoms with Crippen LogP contribution in [0.4, 0.5) is 0 Å². The van der Waals surface area contributed by atoms with Crippen molar-refractivity contribution >= 4 is 11.9 Å². The van der Waals surface area contributed by atoms with Gasteiger partial charge in [0.25, 0.3) is 5.91 Å². The Labute approximate surface area is 182 Å². The van der Waals surface area contributed by atoms with Crippen LogP contribution in [0.1, 0.15) is 39.0 Å². The summed E-state index contributed by atoms with van der Waals surface area (Å²) in [7, 11) is 3.25. The zero-order valence-corrected chi connectivity index (χ0v) is 18.5. The van der Waals surface area contributed by atoms with E-state index in [2.05, 4.69) is 9.88 Å². The highest BCUT2D eigenvalue weighted by Crippen LogP contribution is 2.28. The van der Waals surface area contributed by atoms with Gasteiger partial charge in [0, 0.05) is 32.7 Å². The summed E-state index contributed by atoms with van der Waals surface area (Å²) < 4.78 is 15.7. The quantitative estimate of drug-likeness (QED) is 0.628. The van der Waals surface area contributed by atoms with Gasteiger partial charge < -0.3 is 19.1 Å². The Balaban J connectivity index is 1.59. The Kier molecular flexibility index (Phi) is 7.46. The van der Waals surface area contributed by atoms with E-state index in [-0.39, 0.29) is 5.91 Å². The molecule has 0 saturated carbocycles. The number of hydrogen-bond acceptors (Lipinski definition) is 7. The molecule has 2 heterocycles. The lowest BCUT2D eigenvalue weighted by Gasteiger charge is -2.34. The van der Waals surface area contributed by atoms with Crippen molar-refractivity contribution in [1.82, 2.24) is 14.8 Å². The molecule has 8 nitrogen and oxygen atoms in total. The zero-order valence-electron chi connectivity index (χ0n) is 18.5. The van der Waals surface area contributed by atoms with Crippen LogP contribution in [-0.2, 0) is 11.3 Å². The highest BCUT2D eigenvalue weighted by atomic mass is 16.5. The third-order valence-corrected chi connectivity index (χ3v) is 5.31. The largest absolute Gasteiger partial charge is 0.493 e. The Morgan fingerprint density at radius 1 is 1.00 bits per heavy atom. The van der Waals surface area contributed by atoms with Gasteiger partial charge in [-0.3, -0.25) is 9.69 Å². The van der Waals surface area contributed by atoms with Crippen LogP contribution < -0.4 is 9.47 Å². The standard InChI is InChI=1S/C23H29N3O5/c1-5-31-23(28)18-7-8-19(24-16(18)2)22(27)26-12-10-25(11-13-26)15-17-6-9-20(29-3)21(14-17)30-4/h6-9,14H,5,10-13,15H2,1-4H3. The molecule has 8 heteroatoms. The Bertz CT molecular complexity index is 939. The number of aryl methyl sites for hydroxylation is 1. The second-order valence-corrected chi connectivity index (χ2v) is 7.31. The number of benzene rings is 1. The summed E-state index contributed by atoms with van der Waals surface area (Å²) in [5.74, 6) is 0.875. The molecule has 0 atom stereocenters. The van der Waals surface area contributed by atoms with Gasteiger partial charge >= 0.3 is 5.97 Å². The predicted molar refractivity (Wildman–Crippen MR) is 116 cm³/mol. The van der Waals surface area contributed by atoms with Gasteiger partial charge in [0.15, 0.2) is 11.5 Å². The van der Waals surface area contributed by atoms with Crippen LogP contribution in [0.25, 0.3) is 0 Å². The smallest absolute Gasteiger partial charge is 0.339 e. The lowest BCUT2D eigenvalue weighted by atomic mass is 10.1. The molecule has 31 heavy (non-hydrogen) atoms. The fraction of sp³-hybridized carbons (Fsp3) is 0.435. The van der Waals surface area contributed by atoms with E-state index >= 15 is 0 Å². The molecule has 1 saturated heterocycles. The fourth-order valence-electron chi connectivity index (χ4n) is 3.61. The van der Waals surface area contributed by atoms with Crippen LogP contribution in [0.3, 0.4) is 0 Å². The zero-order chi connectivity index (χ0) is 22.4. The normalized spacial score (nSPS) is 14.3. The van der Waals surface area contributed by atoms with Crippen molar-refractivity contribution in [3.05, 3.63) is 52.8 Å². The first-order valence-electron chi connectivity index (χ1n) is 10.3. The van der Waals surface area contributed by atoms with Crippen molar-refractivity contribution in [1.29, 1.82) is 0 Å². The summed E-state index contributed by atoms with van der Waals surface area (Å²) in [6.07, 6.45) is 0. The van der Waals surface area contributed by atoms with Gasteiger partial charge in [-0.1, -0.05) is 6.07 Å². The molecular weight excluding hydrogens is 398 g/mol. The summed E-state index contributed by atoms with van der Waals surface area (Å²) >= 11 is 0. The molecule has 3 rings (SSSR count). The molecule has 166 valence electrons. The highest BCUT2D eigenvalue weighted by molar-refractivity contribution is 5.95. The van der Waals surface area contributed by atoms with Gasteiger partial charge in [-0.15, -0.1) is 0 Å². The van der Waals surface area contributed by atoms with E-state index in [1.54, 1.807) is 45.1 Å². The summed E-state index contributed by atoms with van der Waals surface area (Å²) in [6.45, 7) is 7.30. The van der Waals surface area contributed by atoms with Gasteiger partial charge in [-0.2, -0.15) is 0 Å². The Morgan fingerprint density at radius 2 is 1.71 bits per heavy atom. The molecule has 0 bridgehead atoms. The van der Waals surface area contributed by atoms with Gasteiger partial charge in [0.2, 0.25) is 0 Å². The maximum absolute atomic E-state index is 12.9. The minimum Gasteiger partial charge on any atom is -0.493 e. The topological polar surface area (TPSA) is 81.2 Å². The molecule has 0 aliphatic carbocycles. The van der Waals surface area contributed by atoms with Crippen molar-refractivity contribution in [3.8, 4) is 11.5 Å². The van der Waals surface area contributed by atoms with Crippen molar-refractivity contribution in [2.45, 2.75) is 20.4 Å². The molecule has 2 aromatic rings. The van der Waals surface area contributed by atoms with E-state index in [1.807, 2.05) is 18.2 Å². The van der Waals surface area contributed by atoms with Crippen LogP contribution in [-0.4, -0.2) is 73.7 Å². The summed E-state index contributed by atoms with van der Waals surface area (Å²) in [6, 6.07) is 9.12. The number of rotatable bonds is 7. The Hall–Kier alpha value is -3.13. The Morgan fingerprint density at radius 3 is 2.32 bits per heavy atom. The van der Waals surface area contributed by atoms with Gasteiger partial charge in [-0.25, -0.2) is 9.78 Å². The maximum Gasteiger partial charge on any atom is 0.339 e. The first-order chi connectivity index (χ1) is 15.0. The first kappa shape index (κ1) is 22.6. The van der Waals surface area contributed by atoms with Gasteiger partial charge in [-0.05, 0) is 43.7 Å². The van der Waals surface area contributed by atoms with E-state index in [0.29, 0.717) is 48.1 Å². The summed E-state index contributed by atoms with van der Waals surface area (Å²) in [5, 5.41) is 0. The second-order valence-electron chi connectivity index (χ2n) is 7.31. The highest BCUT2D eigenvalue weighted by Gasteiger charge is 2.24. The number of aromatic nitrogens is 1. The number of ether oxygens (including phenoxy) is 3. The molecule has 1 aliphatic heterocycles. The lowest BCUT2D eigenvalue weighted by Crippen LogP contribution is -2.48. The molecule has 1 aromatic carbocycles. The summed E-state index contributed by atoms with van der Waals surface area (Å²) in [5.41, 5.74) is 2.36. The molecule has 1 fully saturated rings. The van der Waals surface area contributed by atoms with Crippen LogP contribution in [0.2, 0.25) is 0 Å². The molecule has 1 amide bonds. The number of esters is 1. The monoisotopic (exact) mass is 427 g/mol. The number of carbonyl (C=O) groups excluding carboxylic acids is 2. The average molecular weight is 428 g/mol. The van der Waals surface area contributed by atoms with Crippen LogP contribution in [0.15, 0.2) is 30.3 Å². The number of nitrogens with zero attached hydrogens (tertiary/aromatic N) is 3. The molecule has 0 radical (unpaired) electrons. The number of carbonyl (C=O) groups is 2. The third kappa shape index (κ3) is 5.32. The van der Waals surface area contributed by atoms with Crippen LogP contribution >= 0.6 is 0 Å². The van der Waals surface area contributed by atoms with Gasteiger partial charge in [0.1, 0.15) is 5.69 Å². The van der Waals surface area contributed by atoms with Crippen molar-refractivity contribution in [2.24, 2.45) is 0 Å². The SMILES string of the molecule is CCOC(=O)c1ccc(C(=O)N2CCN(Cc3ccc(OC)c(OC)c3)CC2)nc1C. The molecule has 1 aromatic heterocycles. The maximum atomic E-state index is 12.9. The fourth-order valence-corrected chi connectivity index (χ4v) is 3.61. The summed E-state index contributed by atoms with van der Waals surface area (Å²) in [4.78, 5) is 33.3. The van der Waals surface area contributed by atoms with Crippen LogP contribution in [0, 0.1) is 6.92 Å². The van der Waals surface area contributed by atoms with E-state index in [4.69, 9.17) is 14.2 Å². The number of amides is 1. The number of hydrogen-bond donors (Lipinski definition) is 0. The number of methoxy groups -OCH3 is 2.